The van der Waals surface area contributed by atoms with Gasteiger partial charge < -0.3 is 14.9 Å². The number of aliphatic hydroxyl groups is 1. The second kappa shape index (κ2) is 7.32. The molecule has 0 radical (unpaired) electrons. The van der Waals surface area contributed by atoms with E-state index in [1.807, 2.05) is 18.2 Å². The van der Waals surface area contributed by atoms with Crippen LogP contribution in [-0.2, 0) is 10.2 Å². The summed E-state index contributed by atoms with van der Waals surface area (Å²) in [6.07, 6.45) is 7.88. The van der Waals surface area contributed by atoms with E-state index in [4.69, 9.17) is 0 Å². The van der Waals surface area contributed by atoms with Gasteiger partial charge >= 0.3 is 0 Å². The summed E-state index contributed by atoms with van der Waals surface area (Å²) in [5.41, 5.74) is 0.246. The first-order valence-corrected chi connectivity index (χ1v) is 10.3. The van der Waals surface area contributed by atoms with Gasteiger partial charge in [-0.05, 0) is 44.2 Å². The smallest absolute Gasteiger partial charge is 0.236 e. The highest BCUT2D eigenvalue weighted by Crippen LogP contribution is 2.45. The van der Waals surface area contributed by atoms with Gasteiger partial charge in [0.2, 0.25) is 5.91 Å². The molecule has 3 aliphatic rings. The van der Waals surface area contributed by atoms with Gasteiger partial charge in [-0.25, -0.2) is 0 Å². The Hall–Kier alpha value is -1.39. The normalized spacial score (nSPS) is 29.5. The molecule has 0 aromatic heterocycles. The highest BCUT2D eigenvalue weighted by Gasteiger charge is 2.53. The van der Waals surface area contributed by atoms with Gasteiger partial charge in [-0.3, -0.25) is 4.79 Å². The highest BCUT2D eigenvalue weighted by atomic mass is 16.3. The standard InChI is InChI=1S/C22H32N2O2/c1-23-14-19-12-13-20(15-23)24(19)21(26)22(16-25,17-8-4-2-5-9-17)18-10-6-3-7-11-18/h2,4-5,8-9,18-20,25H,3,6-7,10-16H2,1H3. The summed E-state index contributed by atoms with van der Waals surface area (Å²) in [7, 11) is 2.16. The number of likely N-dealkylation sites (tertiary alicyclic amines) is 1. The van der Waals surface area contributed by atoms with Crippen LogP contribution in [-0.4, -0.2) is 59.6 Å². The fraction of sp³-hybridized carbons (Fsp3) is 0.682. The third-order valence-corrected chi connectivity index (χ3v) is 7.12. The zero-order chi connectivity index (χ0) is 18.1. The van der Waals surface area contributed by atoms with Crippen LogP contribution in [0.4, 0.5) is 0 Å². The average molecular weight is 357 g/mol. The van der Waals surface area contributed by atoms with Gasteiger partial charge in [0.1, 0.15) is 5.41 Å². The van der Waals surface area contributed by atoms with Crippen LogP contribution in [0.15, 0.2) is 30.3 Å². The van der Waals surface area contributed by atoms with Crippen LogP contribution in [0.1, 0.15) is 50.5 Å². The molecule has 2 aliphatic heterocycles. The molecule has 1 N–H and O–H groups in total. The van der Waals surface area contributed by atoms with Gasteiger partial charge in [0.05, 0.1) is 6.61 Å². The Morgan fingerprint density at radius 1 is 1.04 bits per heavy atom. The van der Waals surface area contributed by atoms with E-state index in [1.165, 1.54) is 19.3 Å². The van der Waals surface area contributed by atoms with E-state index in [2.05, 4.69) is 29.0 Å². The number of rotatable bonds is 4. The summed E-state index contributed by atoms with van der Waals surface area (Å²) in [6, 6.07) is 10.7. The van der Waals surface area contributed by atoms with E-state index in [-0.39, 0.29) is 18.4 Å². The number of hydrogen-bond acceptors (Lipinski definition) is 3. The lowest BCUT2D eigenvalue weighted by Crippen LogP contribution is -2.62. The molecule has 3 fully saturated rings. The average Bonchev–Trinajstić information content (AvgIpc) is 2.95. The first kappa shape index (κ1) is 18.0. The molecule has 1 aromatic carbocycles. The lowest BCUT2D eigenvalue weighted by atomic mass is 9.64. The van der Waals surface area contributed by atoms with Crippen LogP contribution in [0.2, 0.25) is 0 Å². The second-order valence-corrected chi connectivity index (χ2v) is 8.65. The minimum Gasteiger partial charge on any atom is -0.395 e. The molecule has 2 heterocycles. The quantitative estimate of drug-likeness (QED) is 0.902. The van der Waals surface area contributed by atoms with Crippen molar-refractivity contribution < 1.29 is 9.90 Å². The minimum atomic E-state index is -0.765. The molecule has 2 bridgehead atoms. The largest absolute Gasteiger partial charge is 0.395 e. The van der Waals surface area contributed by atoms with Gasteiger partial charge in [-0.2, -0.15) is 0 Å². The molecule has 4 rings (SSSR count). The van der Waals surface area contributed by atoms with E-state index < -0.39 is 5.41 Å². The number of nitrogens with zero attached hydrogens (tertiary/aromatic N) is 2. The Balaban J connectivity index is 1.74. The number of amides is 1. The fourth-order valence-corrected chi connectivity index (χ4v) is 5.83. The first-order chi connectivity index (χ1) is 12.7. The minimum absolute atomic E-state index is 0.0771. The number of benzene rings is 1. The Morgan fingerprint density at radius 2 is 1.65 bits per heavy atom. The van der Waals surface area contributed by atoms with Gasteiger partial charge in [0.25, 0.3) is 0 Å². The zero-order valence-electron chi connectivity index (χ0n) is 15.9. The van der Waals surface area contributed by atoms with E-state index in [9.17, 15) is 9.90 Å². The predicted molar refractivity (Wildman–Crippen MR) is 103 cm³/mol. The van der Waals surface area contributed by atoms with Crippen molar-refractivity contribution in [2.75, 3.05) is 26.7 Å². The van der Waals surface area contributed by atoms with Crippen LogP contribution in [0.3, 0.4) is 0 Å². The molecule has 4 heteroatoms. The summed E-state index contributed by atoms with van der Waals surface area (Å²) in [5.74, 6) is 0.439. The monoisotopic (exact) mass is 356 g/mol. The van der Waals surface area contributed by atoms with Gasteiger partial charge in [0.15, 0.2) is 0 Å². The van der Waals surface area contributed by atoms with Gasteiger partial charge in [0, 0.05) is 25.2 Å². The summed E-state index contributed by atoms with van der Waals surface area (Å²) < 4.78 is 0. The summed E-state index contributed by atoms with van der Waals surface area (Å²) in [6.45, 7) is 1.85. The van der Waals surface area contributed by atoms with Crippen molar-refractivity contribution in [1.29, 1.82) is 0 Å². The van der Waals surface area contributed by atoms with Crippen molar-refractivity contribution in [3.63, 3.8) is 0 Å². The lowest BCUT2D eigenvalue weighted by Gasteiger charge is -2.48. The van der Waals surface area contributed by atoms with Crippen molar-refractivity contribution in [3.05, 3.63) is 35.9 Å². The van der Waals surface area contributed by atoms with Crippen molar-refractivity contribution in [2.45, 2.75) is 62.4 Å². The molecule has 1 aliphatic carbocycles. The predicted octanol–water partition coefficient (Wildman–Crippen LogP) is 2.80. The van der Waals surface area contributed by atoms with Crippen molar-refractivity contribution in [1.82, 2.24) is 9.80 Å². The second-order valence-electron chi connectivity index (χ2n) is 8.65. The number of piperazine rings is 1. The first-order valence-electron chi connectivity index (χ1n) is 10.3. The number of hydrogen-bond donors (Lipinski definition) is 1. The number of aliphatic hydroxyl groups excluding tert-OH is 1. The summed E-state index contributed by atoms with van der Waals surface area (Å²) in [4.78, 5) is 18.6. The maximum absolute atomic E-state index is 14.1. The van der Waals surface area contributed by atoms with E-state index in [1.54, 1.807) is 0 Å². The number of fused-ring (bicyclic) bond motifs is 2. The summed E-state index contributed by atoms with van der Waals surface area (Å²) in [5, 5.41) is 10.7. The molecule has 0 spiro atoms. The molecule has 3 unspecified atom stereocenters. The van der Waals surface area contributed by atoms with Crippen molar-refractivity contribution in [3.8, 4) is 0 Å². The van der Waals surface area contributed by atoms with E-state index in [0.29, 0.717) is 12.1 Å². The topological polar surface area (TPSA) is 43.8 Å². The van der Waals surface area contributed by atoms with Gasteiger partial charge in [-0.1, -0.05) is 49.6 Å². The Labute approximate surface area is 157 Å². The molecule has 1 aromatic rings. The maximum Gasteiger partial charge on any atom is 0.236 e. The molecule has 142 valence electrons. The Bertz CT molecular complexity index is 614. The third kappa shape index (κ3) is 2.87. The number of carbonyl (C=O) groups is 1. The molecule has 1 saturated carbocycles. The van der Waals surface area contributed by atoms with Crippen LogP contribution in [0.5, 0.6) is 0 Å². The van der Waals surface area contributed by atoms with Crippen LogP contribution >= 0.6 is 0 Å². The SMILES string of the molecule is CN1CC2CCC(C1)N2C(=O)C(CO)(c1ccccc1)C1CCCCC1. The number of carbonyl (C=O) groups excluding carboxylic acids is 1. The maximum atomic E-state index is 14.1. The van der Waals surface area contributed by atoms with Crippen molar-refractivity contribution >= 4 is 5.91 Å². The van der Waals surface area contributed by atoms with Gasteiger partial charge in [-0.15, -0.1) is 0 Å². The van der Waals surface area contributed by atoms with Crippen LogP contribution < -0.4 is 0 Å². The zero-order valence-corrected chi connectivity index (χ0v) is 15.9. The Morgan fingerprint density at radius 3 is 2.23 bits per heavy atom. The van der Waals surface area contributed by atoms with Crippen LogP contribution in [0.25, 0.3) is 0 Å². The van der Waals surface area contributed by atoms with E-state index in [0.717, 1.165) is 44.3 Å². The van der Waals surface area contributed by atoms with E-state index >= 15 is 0 Å². The number of likely N-dealkylation sites (N-methyl/N-ethyl adjacent to an activating group) is 1. The summed E-state index contributed by atoms with van der Waals surface area (Å²) >= 11 is 0. The molecule has 2 saturated heterocycles. The Kier molecular flexibility index (Phi) is 5.07. The molecule has 1 amide bonds. The molecule has 4 nitrogen and oxygen atoms in total. The highest BCUT2D eigenvalue weighted by molar-refractivity contribution is 5.90. The third-order valence-electron chi connectivity index (χ3n) is 7.12. The van der Waals surface area contributed by atoms with Crippen molar-refractivity contribution in [2.24, 2.45) is 5.92 Å². The fourth-order valence-electron chi connectivity index (χ4n) is 5.83. The molecule has 26 heavy (non-hydrogen) atoms. The lowest BCUT2D eigenvalue weighted by molar-refractivity contribution is -0.148. The molecular weight excluding hydrogens is 324 g/mol. The van der Waals surface area contributed by atoms with Crippen LogP contribution in [0, 0.1) is 5.92 Å². The molecule has 3 atom stereocenters. The molecular formula is C22H32N2O2.